The lowest BCUT2D eigenvalue weighted by Gasteiger charge is -2.26. The Balaban J connectivity index is 1.96. The lowest BCUT2D eigenvalue weighted by Crippen LogP contribution is -2.29. The zero-order chi connectivity index (χ0) is 26.7. The summed E-state index contributed by atoms with van der Waals surface area (Å²) in [6.45, 7) is 8.44. The van der Waals surface area contributed by atoms with E-state index in [0.717, 1.165) is 11.1 Å². The van der Waals surface area contributed by atoms with Crippen molar-refractivity contribution in [3.63, 3.8) is 0 Å². The van der Waals surface area contributed by atoms with Gasteiger partial charge in [0.2, 0.25) is 0 Å². The van der Waals surface area contributed by atoms with Gasteiger partial charge in [-0.15, -0.1) is 11.6 Å². The topological polar surface area (TPSA) is 97.4 Å². The molecule has 0 unspecified atom stereocenters. The van der Waals surface area contributed by atoms with Crippen LogP contribution < -0.4 is 9.47 Å². The first-order valence-corrected chi connectivity index (χ1v) is 12.0. The summed E-state index contributed by atoms with van der Waals surface area (Å²) in [4.78, 5) is 33.2. The lowest BCUT2D eigenvalue weighted by molar-refractivity contribution is -0.158. The molecule has 36 heavy (non-hydrogen) atoms. The molecule has 0 aliphatic heterocycles. The molecular formula is C27H33ClO8. The number of hydrogen-bond donors (Lipinski definition) is 0. The fourth-order valence-corrected chi connectivity index (χ4v) is 3.42. The van der Waals surface area contributed by atoms with Crippen molar-refractivity contribution in [1.29, 1.82) is 0 Å². The average Bonchev–Trinajstić information content (AvgIpc) is 2.83. The van der Waals surface area contributed by atoms with E-state index in [-0.39, 0.29) is 37.8 Å². The van der Waals surface area contributed by atoms with Gasteiger partial charge in [0.25, 0.3) is 0 Å². The van der Waals surface area contributed by atoms with E-state index in [9.17, 15) is 14.4 Å². The second kappa shape index (κ2) is 13.7. The molecule has 0 aliphatic rings. The Labute approximate surface area is 216 Å². The largest absolute Gasteiger partial charge is 0.492 e. The van der Waals surface area contributed by atoms with E-state index in [1.54, 1.807) is 0 Å². The molecule has 0 fully saturated rings. The highest BCUT2D eigenvalue weighted by Gasteiger charge is 2.23. The predicted octanol–water partition coefficient (Wildman–Crippen LogP) is 4.44. The van der Waals surface area contributed by atoms with E-state index in [1.165, 1.54) is 20.8 Å². The minimum absolute atomic E-state index is 0.0566. The van der Waals surface area contributed by atoms with Gasteiger partial charge in [0.15, 0.2) is 6.10 Å². The molecule has 2 aromatic carbocycles. The van der Waals surface area contributed by atoms with E-state index in [2.05, 4.69) is 13.8 Å². The maximum absolute atomic E-state index is 11.3. The fourth-order valence-electron chi connectivity index (χ4n) is 3.30. The minimum Gasteiger partial charge on any atom is -0.492 e. The molecule has 0 saturated heterocycles. The number of halogens is 1. The van der Waals surface area contributed by atoms with Crippen molar-refractivity contribution in [3.8, 4) is 11.5 Å². The number of carbonyl (C=O) groups excluding carboxylic acids is 3. The molecule has 0 heterocycles. The Morgan fingerprint density at radius 1 is 0.694 bits per heavy atom. The van der Waals surface area contributed by atoms with Crippen LogP contribution in [-0.2, 0) is 34.0 Å². The molecule has 0 radical (unpaired) electrons. The van der Waals surface area contributed by atoms with E-state index >= 15 is 0 Å². The van der Waals surface area contributed by atoms with Crippen molar-refractivity contribution in [2.45, 2.75) is 51.5 Å². The molecule has 2 atom stereocenters. The van der Waals surface area contributed by atoms with Crippen LogP contribution in [0.15, 0.2) is 48.5 Å². The smallest absolute Gasteiger partial charge is 0.303 e. The Kier molecular flexibility index (Phi) is 11.0. The number of alkyl halides is 1. The monoisotopic (exact) mass is 520 g/mol. The molecular weight excluding hydrogens is 488 g/mol. The fraction of sp³-hybridized carbons (Fsp3) is 0.444. The summed E-state index contributed by atoms with van der Waals surface area (Å²) in [7, 11) is 0. The molecule has 0 saturated carbocycles. The molecule has 0 bridgehead atoms. The van der Waals surface area contributed by atoms with Crippen LogP contribution in [0.4, 0.5) is 0 Å². The van der Waals surface area contributed by atoms with Crippen molar-refractivity contribution in [3.05, 3.63) is 59.7 Å². The average molecular weight is 521 g/mol. The molecule has 0 amide bonds. The summed E-state index contributed by atoms with van der Waals surface area (Å²) in [5, 5.41) is -0.434. The molecule has 196 valence electrons. The highest BCUT2D eigenvalue weighted by atomic mass is 35.5. The maximum atomic E-state index is 11.3. The number of ether oxygens (including phenoxy) is 5. The van der Waals surface area contributed by atoms with Gasteiger partial charge in [0, 0.05) is 26.2 Å². The summed E-state index contributed by atoms with van der Waals surface area (Å²) in [5.41, 5.74) is 1.86. The lowest BCUT2D eigenvalue weighted by atomic mass is 9.78. The van der Waals surface area contributed by atoms with Crippen LogP contribution in [0.1, 0.15) is 45.7 Å². The van der Waals surface area contributed by atoms with E-state index in [4.69, 9.17) is 35.3 Å². The molecule has 0 aliphatic carbocycles. The molecule has 8 nitrogen and oxygen atoms in total. The molecule has 0 aromatic heterocycles. The highest BCUT2D eigenvalue weighted by Crippen LogP contribution is 2.33. The first-order chi connectivity index (χ1) is 17.0. The minimum atomic E-state index is -0.695. The van der Waals surface area contributed by atoms with Crippen molar-refractivity contribution in [2.24, 2.45) is 0 Å². The normalized spacial score (nSPS) is 12.7. The zero-order valence-electron chi connectivity index (χ0n) is 21.2. The molecule has 2 rings (SSSR count). The molecule has 9 heteroatoms. The van der Waals surface area contributed by atoms with Gasteiger partial charge in [-0.3, -0.25) is 14.4 Å². The Morgan fingerprint density at radius 2 is 1.14 bits per heavy atom. The van der Waals surface area contributed by atoms with Crippen molar-refractivity contribution in [1.82, 2.24) is 0 Å². The Hall–Kier alpha value is -3.26. The van der Waals surface area contributed by atoms with Crippen LogP contribution in [0.25, 0.3) is 0 Å². The molecule has 2 aromatic rings. The second-order valence-corrected chi connectivity index (χ2v) is 9.35. The van der Waals surface area contributed by atoms with Gasteiger partial charge in [-0.05, 0) is 35.4 Å². The molecule has 0 spiro atoms. The van der Waals surface area contributed by atoms with Crippen molar-refractivity contribution in [2.75, 3.05) is 26.4 Å². The van der Waals surface area contributed by atoms with Gasteiger partial charge in [-0.2, -0.15) is 0 Å². The highest BCUT2D eigenvalue weighted by molar-refractivity contribution is 6.20. The first kappa shape index (κ1) is 29.0. The summed E-state index contributed by atoms with van der Waals surface area (Å²) >= 11 is 6.11. The third kappa shape index (κ3) is 9.77. The van der Waals surface area contributed by atoms with Gasteiger partial charge in [-0.25, -0.2) is 0 Å². The second-order valence-electron chi connectivity index (χ2n) is 8.73. The summed E-state index contributed by atoms with van der Waals surface area (Å²) < 4.78 is 26.4. The van der Waals surface area contributed by atoms with Crippen LogP contribution in [0.5, 0.6) is 11.5 Å². The summed E-state index contributed by atoms with van der Waals surface area (Å²) in [5.74, 6) is -0.0441. The van der Waals surface area contributed by atoms with Gasteiger partial charge < -0.3 is 23.7 Å². The molecule has 0 N–H and O–H groups in total. The van der Waals surface area contributed by atoms with Crippen LogP contribution in [0, 0.1) is 0 Å². The quantitative estimate of drug-likeness (QED) is 0.217. The standard InChI is InChI=1S/C27H33ClO8/c1-18(29)32-14-23(28)15-34-24-10-6-21(7-11-24)27(4,5)22-8-12-25(13-9-22)35-17-26(36-20(3)31)16-33-19(2)30/h6-13,23,26H,14-17H2,1-5H3/t23-,26-/m1/s1. The number of rotatable bonds is 13. The van der Waals surface area contributed by atoms with Gasteiger partial charge in [0.1, 0.15) is 43.3 Å². The van der Waals surface area contributed by atoms with Crippen LogP contribution in [0.3, 0.4) is 0 Å². The SMILES string of the molecule is CC(=O)OC[C@@H](Cl)COc1ccc(C(C)(C)c2ccc(OC[C@@H](COC(C)=O)OC(C)=O)cc2)cc1. The number of carbonyl (C=O) groups is 3. The third-order valence-corrected chi connectivity index (χ3v) is 5.54. The van der Waals surface area contributed by atoms with E-state index in [0.29, 0.717) is 11.5 Å². The third-order valence-electron chi connectivity index (χ3n) is 5.29. The van der Waals surface area contributed by atoms with E-state index < -0.39 is 23.4 Å². The van der Waals surface area contributed by atoms with Gasteiger partial charge in [-0.1, -0.05) is 38.1 Å². The van der Waals surface area contributed by atoms with Gasteiger partial charge in [0.05, 0.1) is 0 Å². The first-order valence-electron chi connectivity index (χ1n) is 11.5. The number of benzene rings is 2. The summed E-state index contributed by atoms with van der Waals surface area (Å²) in [6.07, 6.45) is -0.695. The Bertz CT molecular complexity index is 1000. The number of esters is 3. The summed E-state index contributed by atoms with van der Waals surface area (Å²) in [6, 6.07) is 15.4. The van der Waals surface area contributed by atoms with Crippen LogP contribution >= 0.6 is 11.6 Å². The van der Waals surface area contributed by atoms with Crippen molar-refractivity contribution < 1.29 is 38.1 Å². The predicted molar refractivity (Wildman–Crippen MR) is 134 cm³/mol. The van der Waals surface area contributed by atoms with Crippen molar-refractivity contribution >= 4 is 29.5 Å². The van der Waals surface area contributed by atoms with Crippen LogP contribution in [0.2, 0.25) is 0 Å². The maximum Gasteiger partial charge on any atom is 0.303 e. The zero-order valence-corrected chi connectivity index (χ0v) is 22.0. The Morgan fingerprint density at radius 3 is 1.58 bits per heavy atom. The van der Waals surface area contributed by atoms with Gasteiger partial charge >= 0.3 is 17.9 Å². The van der Waals surface area contributed by atoms with Crippen LogP contribution in [-0.4, -0.2) is 55.8 Å². The number of hydrogen-bond acceptors (Lipinski definition) is 8. The van der Waals surface area contributed by atoms with E-state index in [1.807, 2.05) is 48.5 Å².